The van der Waals surface area contributed by atoms with Crippen LogP contribution in [0, 0.1) is 0 Å². The minimum atomic E-state index is -0.238. The lowest BCUT2D eigenvalue weighted by Crippen LogP contribution is -2.45. The van der Waals surface area contributed by atoms with Gasteiger partial charge in [-0.15, -0.1) is 0 Å². The number of hydrogen-bond donors (Lipinski definition) is 0. The van der Waals surface area contributed by atoms with E-state index < -0.39 is 0 Å². The third-order valence-corrected chi connectivity index (χ3v) is 3.33. The van der Waals surface area contributed by atoms with Crippen LogP contribution in [0.2, 0.25) is 0 Å². The molecule has 0 N–H and O–H groups in total. The number of esters is 1. The van der Waals surface area contributed by atoms with E-state index in [0.717, 1.165) is 25.9 Å². The van der Waals surface area contributed by atoms with Gasteiger partial charge in [-0.2, -0.15) is 0 Å². The number of amides is 1. The van der Waals surface area contributed by atoms with Crippen LogP contribution in [0.25, 0.3) is 0 Å². The standard InChI is InChI=1S/C12H22N2O3/c1-10(12(16)14-7-4-5-8-14)13(2)9-6-11(15)17-3/h10H,4-9H2,1-3H3. The van der Waals surface area contributed by atoms with Crippen molar-refractivity contribution in [3.63, 3.8) is 0 Å². The average molecular weight is 242 g/mol. The molecule has 5 heteroatoms. The first kappa shape index (κ1) is 14.0. The van der Waals surface area contributed by atoms with Crippen LogP contribution in [0.15, 0.2) is 0 Å². The Balaban J connectivity index is 2.36. The molecule has 0 spiro atoms. The van der Waals surface area contributed by atoms with Gasteiger partial charge in [0.25, 0.3) is 0 Å². The Morgan fingerprint density at radius 2 is 1.94 bits per heavy atom. The minimum Gasteiger partial charge on any atom is -0.469 e. The zero-order valence-electron chi connectivity index (χ0n) is 10.9. The van der Waals surface area contributed by atoms with Crippen molar-refractivity contribution >= 4 is 11.9 Å². The van der Waals surface area contributed by atoms with Crippen LogP contribution in [0.1, 0.15) is 26.2 Å². The summed E-state index contributed by atoms with van der Waals surface area (Å²) >= 11 is 0. The summed E-state index contributed by atoms with van der Waals surface area (Å²) in [6.07, 6.45) is 2.53. The number of likely N-dealkylation sites (tertiary alicyclic amines) is 1. The first-order chi connectivity index (χ1) is 8.06. The number of methoxy groups -OCH3 is 1. The van der Waals surface area contributed by atoms with Crippen molar-refractivity contribution in [3.8, 4) is 0 Å². The van der Waals surface area contributed by atoms with Crippen molar-refractivity contribution in [2.24, 2.45) is 0 Å². The fourth-order valence-electron chi connectivity index (χ4n) is 1.95. The number of carbonyl (C=O) groups excluding carboxylic acids is 2. The number of likely N-dealkylation sites (N-methyl/N-ethyl adjacent to an activating group) is 1. The fourth-order valence-corrected chi connectivity index (χ4v) is 1.95. The summed E-state index contributed by atoms with van der Waals surface area (Å²) in [7, 11) is 3.24. The molecule has 1 rings (SSSR count). The van der Waals surface area contributed by atoms with Gasteiger partial charge < -0.3 is 9.64 Å². The second-order valence-corrected chi connectivity index (χ2v) is 4.52. The van der Waals surface area contributed by atoms with Crippen molar-refractivity contribution in [1.82, 2.24) is 9.80 Å². The Hall–Kier alpha value is -1.10. The lowest BCUT2D eigenvalue weighted by Gasteiger charge is -2.27. The van der Waals surface area contributed by atoms with Gasteiger partial charge >= 0.3 is 5.97 Å². The Kier molecular flexibility index (Phi) is 5.41. The van der Waals surface area contributed by atoms with E-state index in [1.54, 1.807) is 0 Å². The SMILES string of the molecule is COC(=O)CCN(C)C(C)C(=O)N1CCCC1. The van der Waals surface area contributed by atoms with Crippen LogP contribution in [-0.2, 0) is 14.3 Å². The summed E-state index contributed by atoms with van der Waals surface area (Å²) < 4.78 is 4.58. The summed E-state index contributed by atoms with van der Waals surface area (Å²) in [5.74, 6) is -0.0764. The van der Waals surface area contributed by atoms with Crippen LogP contribution in [0.4, 0.5) is 0 Å². The molecule has 1 unspecified atom stereocenters. The molecule has 0 aliphatic carbocycles. The van der Waals surface area contributed by atoms with E-state index in [1.165, 1.54) is 7.11 Å². The molecule has 1 heterocycles. The highest BCUT2D eigenvalue weighted by molar-refractivity contribution is 5.81. The fraction of sp³-hybridized carbons (Fsp3) is 0.833. The molecule has 0 bridgehead atoms. The highest BCUT2D eigenvalue weighted by atomic mass is 16.5. The number of nitrogens with zero attached hydrogens (tertiary/aromatic N) is 2. The zero-order chi connectivity index (χ0) is 12.8. The number of ether oxygens (including phenoxy) is 1. The van der Waals surface area contributed by atoms with Crippen molar-refractivity contribution < 1.29 is 14.3 Å². The Morgan fingerprint density at radius 3 is 2.47 bits per heavy atom. The van der Waals surface area contributed by atoms with Gasteiger partial charge in [-0.25, -0.2) is 0 Å². The maximum absolute atomic E-state index is 12.1. The third kappa shape index (κ3) is 4.00. The van der Waals surface area contributed by atoms with E-state index in [4.69, 9.17) is 0 Å². The van der Waals surface area contributed by atoms with Gasteiger partial charge in [-0.3, -0.25) is 14.5 Å². The minimum absolute atomic E-state index is 0.162. The van der Waals surface area contributed by atoms with E-state index in [0.29, 0.717) is 13.0 Å². The van der Waals surface area contributed by atoms with Crippen molar-refractivity contribution in [2.75, 3.05) is 33.8 Å². The van der Waals surface area contributed by atoms with Crippen LogP contribution in [0.3, 0.4) is 0 Å². The van der Waals surface area contributed by atoms with Crippen molar-refractivity contribution in [2.45, 2.75) is 32.2 Å². The normalized spacial score (nSPS) is 17.3. The predicted molar refractivity (Wildman–Crippen MR) is 64.5 cm³/mol. The van der Waals surface area contributed by atoms with Gasteiger partial charge in [-0.1, -0.05) is 0 Å². The summed E-state index contributed by atoms with van der Waals surface area (Å²) in [5, 5.41) is 0. The highest BCUT2D eigenvalue weighted by Gasteiger charge is 2.25. The Labute approximate surface area is 103 Å². The maximum atomic E-state index is 12.1. The molecule has 0 saturated carbocycles. The topological polar surface area (TPSA) is 49.9 Å². The molecule has 1 aliphatic rings. The van der Waals surface area contributed by atoms with E-state index in [-0.39, 0.29) is 17.9 Å². The monoisotopic (exact) mass is 242 g/mol. The summed E-state index contributed by atoms with van der Waals surface area (Å²) in [6, 6.07) is -0.169. The molecule has 0 aromatic heterocycles. The Bertz CT molecular complexity index is 275. The lowest BCUT2D eigenvalue weighted by atomic mass is 10.2. The summed E-state index contributed by atoms with van der Waals surface area (Å²) in [4.78, 5) is 26.9. The molecule has 98 valence electrons. The Morgan fingerprint density at radius 1 is 1.35 bits per heavy atom. The highest BCUT2D eigenvalue weighted by Crippen LogP contribution is 2.11. The molecule has 1 saturated heterocycles. The quantitative estimate of drug-likeness (QED) is 0.658. The third-order valence-electron chi connectivity index (χ3n) is 3.33. The van der Waals surface area contributed by atoms with E-state index in [2.05, 4.69) is 4.74 Å². The van der Waals surface area contributed by atoms with Crippen LogP contribution in [0.5, 0.6) is 0 Å². The smallest absolute Gasteiger partial charge is 0.306 e. The summed E-state index contributed by atoms with van der Waals surface area (Å²) in [6.45, 7) is 4.17. The number of rotatable bonds is 5. The maximum Gasteiger partial charge on any atom is 0.306 e. The molecule has 0 radical (unpaired) electrons. The average Bonchev–Trinajstić information content (AvgIpc) is 2.87. The van der Waals surface area contributed by atoms with Crippen LogP contribution in [-0.4, -0.2) is 61.5 Å². The van der Waals surface area contributed by atoms with Gasteiger partial charge in [0.2, 0.25) is 5.91 Å². The first-order valence-electron chi connectivity index (χ1n) is 6.12. The van der Waals surface area contributed by atoms with Gasteiger partial charge in [0.1, 0.15) is 0 Å². The number of carbonyl (C=O) groups is 2. The van der Waals surface area contributed by atoms with E-state index >= 15 is 0 Å². The van der Waals surface area contributed by atoms with Gasteiger partial charge in [-0.05, 0) is 26.8 Å². The molecular weight excluding hydrogens is 220 g/mol. The largest absolute Gasteiger partial charge is 0.469 e. The first-order valence-corrected chi connectivity index (χ1v) is 6.12. The molecule has 1 aliphatic heterocycles. The molecule has 5 nitrogen and oxygen atoms in total. The summed E-state index contributed by atoms with van der Waals surface area (Å²) in [5.41, 5.74) is 0. The van der Waals surface area contributed by atoms with E-state index in [1.807, 2.05) is 23.8 Å². The molecular formula is C12H22N2O3. The van der Waals surface area contributed by atoms with Crippen LogP contribution >= 0.6 is 0 Å². The molecule has 1 atom stereocenters. The second kappa shape index (κ2) is 6.59. The zero-order valence-corrected chi connectivity index (χ0v) is 10.9. The molecule has 0 aromatic rings. The molecule has 1 amide bonds. The van der Waals surface area contributed by atoms with Gasteiger partial charge in [0, 0.05) is 19.6 Å². The van der Waals surface area contributed by atoms with Crippen LogP contribution < -0.4 is 0 Å². The van der Waals surface area contributed by atoms with Crippen molar-refractivity contribution in [1.29, 1.82) is 0 Å². The molecule has 1 fully saturated rings. The van der Waals surface area contributed by atoms with Gasteiger partial charge in [0.15, 0.2) is 0 Å². The predicted octanol–water partition coefficient (Wildman–Crippen LogP) is 0.492. The lowest BCUT2D eigenvalue weighted by molar-refractivity contribution is -0.142. The van der Waals surface area contributed by atoms with Crippen molar-refractivity contribution in [3.05, 3.63) is 0 Å². The second-order valence-electron chi connectivity index (χ2n) is 4.52. The van der Waals surface area contributed by atoms with Gasteiger partial charge in [0.05, 0.1) is 19.6 Å². The molecule has 17 heavy (non-hydrogen) atoms. The number of hydrogen-bond acceptors (Lipinski definition) is 4. The van der Waals surface area contributed by atoms with E-state index in [9.17, 15) is 9.59 Å². The molecule has 0 aromatic carbocycles.